The number of ether oxygens (including phenoxy) is 3. The number of nitrogens with one attached hydrogen (secondary N) is 1. The highest BCUT2D eigenvalue weighted by Crippen LogP contribution is 2.31. The number of amides is 2. The number of hydrogen-bond donors (Lipinski definition) is 1. The second-order valence-corrected chi connectivity index (χ2v) is 6.16. The highest BCUT2D eigenvalue weighted by Gasteiger charge is 2.25. The summed E-state index contributed by atoms with van der Waals surface area (Å²) in [7, 11) is 0. The number of carbonyl (C=O) groups is 3. The molecule has 0 aliphatic carbocycles. The van der Waals surface area contributed by atoms with Crippen LogP contribution in [0, 0.1) is 0 Å². The van der Waals surface area contributed by atoms with E-state index in [2.05, 4.69) is 10.1 Å². The van der Waals surface area contributed by atoms with Gasteiger partial charge in [0, 0.05) is 12.2 Å². The van der Waals surface area contributed by atoms with Gasteiger partial charge in [-0.1, -0.05) is 12.1 Å². The number of fused-ring (bicyclic) bond motifs is 1. The lowest BCUT2D eigenvalue weighted by atomic mass is 10.2. The van der Waals surface area contributed by atoms with E-state index in [-0.39, 0.29) is 31.2 Å². The number of nitrogens with zero attached hydrogens (tertiary/aromatic N) is 1. The third kappa shape index (κ3) is 5.66. The quantitative estimate of drug-likeness (QED) is 0.660. The Morgan fingerprint density at radius 2 is 1.87 bits per heavy atom. The third-order valence-electron chi connectivity index (χ3n) is 4.08. The fourth-order valence-corrected chi connectivity index (χ4v) is 2.74. The van der Waals surface area contributed by atoms with E-state index in [4.69, 9.17) is 9.47 Å². The van der Waals surface area contributed by atoms with Gasteiger partial charge in [0.2, 0.25) is 0 Å². The summed E-state index contributed by atoms with van der Waals surface area (Å²) < 4.78 is 38.7. The van der Waals surface area contributed by atoms with E-state index < -0.39 is 25.1 Å². The number of carbonyl (C=O) groups excluding carboxylic acids is 3. The molecule has 30 heavy (non-hydrogen) atoms. The molecule has 158 valence electrons. The minimum Gasteiger partial charge on any atom is -0.482 e. The van der Waals surface area contributed by atoms with E-state index in [9.17, 15) is 23.2 Å². The van der Waals surface area contributed by atoms with Gasteiger partial charge >= 0.3 is 12.6 Å². The number of esters is 1. The minimum atomic E-state index is -2.94. The summed E-state index contributed by atoms with van der Waals surface area (Å²) in [6.45, 7) is -3.49. The lowest BCUT2D eigenvalue weighted by molar-refractivity contribution is -0.147. The van der Waals surface area contributed by atoms with Gasteiger partial charge in [-0.2, -0.15) is 8.78 Å². The normalized spacial score (nSPS) is 12.8. The van der Waals surface area contributed by atoms with E-state index >= 15 is 0 Å². The molecular weight excluding hydrogens is 402 g/mol. The van der Waals surface area contributed by atoms with Crippen molar-refractivity contribution in [2.24, 2.45) is 0 Å². The Morgan fingerprint density at radius 3 is 2.60 bits per heavy atom. The van der Waals surface area contributed by atoms with Crippen molar-refractivity contribution in [2.75, 3.05) is 30.0 Å². The number of rotatable bonds is 8. The van der Waals surface area contributed by atoms with Crippen molar-refractivity contribution < 1.29 is 37.4 Å². The third-order valence-corrected chi connectivity index (χ3v) is 4.08. The summed E-state index contributed by atoms with van der Waals surface area (Å²) in [6, 6.07) is 12.3. The zero-order chi connectivity index (χ0) is 21.5. The van der Waals surface area contributed by atoms with Crippen LogP contribution in [-0.2, 0) is 19.1 Å². The predicted octanol–water partition coefficient (Wildman–Crippen LogP) is 2.59. The second-order valence-electron chi connectivity index (χ2n) is 6.16. The van der Waals surface area contributed by atoms with Gasteiger partial charge in [0.25, 0.3) is 11.8 Å². The molecule has 0 bridgehead atoms. The van der Waals surface area contributed by atoms with Crippen molar-refractivity contribution in [1.29, 1.82) is 0 Å². The van der Waals surface area contributed by atoms with Crippen LogP contribution in [0.4, 0.5) is 20.2 Å². The number of anilines is 2. The van der Waals surface area contributed by atoms with Gasteiger partial charge in [-0.05, 0) is 36.4 Å². The van der Waals surface area contributed by atoms with Crippen molar-refractivity contribution in [3.05, 3.63) is 48.5 Å². The van der Waals surface area contributed by atoms with Crippen LogP contribution in [-0.4, -0.2) is 44.2 Å². The van der Waals surface area contributed by atoms with Crippen LogP contribution < -0.4 is 19.7 Å². The van der Waals surface area contributed by atoms with Gasteiger partial charge in [-0.15, -0.1) is 0 Å². The van der Waals surface area contributed by atoms with Gasteiger partial charge in [-0.3, -0.25) is 14.4 Å². The molecule has 0 saturated heterocycles. The summed E-state index contributed by atoms with van der Waals surface area (Å²) in [4.78, 5) is 37.3. The fraction of sp³-hybridized carbons (Fsp3) is 0.250. The van der Waals surface area contributed by atoms with Crippen LogP contribution in [0.1, 0.15) is 6.42 Å². The predicted molar refractivity (Wildman–Crippen MR) is 102 cm³/mol. The number of benzene rings is 2. The Morgan fingerprint density at radius 1 is 1.13 bits per heavy atom. The van der Waals surface area contributed by atoms with Crippen molar-refractivity contribution in [1.82, 2.24) is 0 Å². The summed E-state index contributed by atoms with van der Waals surface area (Å²) in [5.41, 5.74) is 0.895. The smallest absolute Gasteiger partial charge is 0.387 e. The highest BCUT2D eigenvalue weighted by molar-refractivity contribution is 5.98. The van der Waals surface area contributed by atoms with Crippen LogP contribution in [0.3, 0.4) is 0 Å². The number of halogens is 2. The van der Waals surface area contributed by atoms with Crippen molar-refractivity contribution in [3.8, 4) is 11.5 Å². The SMILES string of the molecule is O=C(COC(=O)CCN1C(=O)COc2ccccc21)Nc1ccc(OC(F)F)cc1. The Labute approximate surface area is 170 Å². The van der Waals surface area contributed by atoms with Crippen molar-refractivity contribution in [3.63, 3.8) is 0 Å². The monoisotopic (exact) mass is 420 g/mol. The number of alkyl halides is 2. The number of hydrogen-bond acceptors (Lipinski definition) is 6. The molecule has 10 heteroatoms. The molecule has 0 spiro atoms. The number of para-hydroxylation sites is 2. The molecule has 1 aliphatic rings. The first-order valence-corrected chi connectivity index (χ1v) is 8.95. The van der Waals surface area contributed by atoms with Crippen LogP contribution in [0.15, 0.2) is 48.5 Å². The topological polar surface area (TPSA) is 94.2 Å². The summed E-state index contributed by atoms with van der Waals surface area (Å²) >= 11 is 0. The zero-order valence-corrected chi connectivity index (χ0v) is 15.7. The molecule has 1 N–H and O–H groups in total. The summed E-state index contributed by atoms with van der Waals surface area (Å²) in [5.74, 6) is -1.02. The first-order chi connectivity index (χ1) is 14.4. The lowest BCUT2D eigenvalue weighted by Gasteiger charge is -2.28. The largest absolute Gasteiger partial charge is 0.482 e. The van der Waals surface area contributed by atoms with E-state index in [1.54, 1.807) is 24.3 Å². The molecule has 8 nitrogen and oxygen atoms in total. The molecule has 0 aromatic heterocycles. The molecule has 1 heterocycles. The molecule has 2 aromatic rings. The Kier molecular flexibility index (Phi) is 6.79. The standard InChI is InChI=1S/C20H18F2N2O6/c21-20(22)30-14-7-5-13(6-8-14)23-17(25)11-29-19(27)9-10-24-15-3-1-2-4-16(15)28-12-18(24)26/h1-8,20H,9-12H2,(H,23,25). The molecule has 2 amide bonds. The van der Waals surface area contributed by atoms with Gasteiger partial charge < -0.3 is 24.4 Å². The van der Waals surface area contributed by atoms with Gasteiger partial charge in [-0.25, -0.2) is 0 Å². The summed E-state index contributed by atoms with van der Waals surface area (Å²) in [5, 5.41) is 2.46. The average molecular weight is 420 g/mol. The Bertz CT molecular complexity index is 920. The molecular formula is C20H18F2N2O6. The molecule has 0 atom stereocenters. The zero-order valence-electron chi connectivity index (χ0n) is 15.7. The first-order valence-electron chi connectivity index (χ1n) is 8.95. The molecule has 2 aromatic carbocycles. The van der Waals surface area contributed by atoms with Gasteiger partial charge in [0.05, 0.1) is 12.1 Å². The fourth-order valence-electron chi connectivity index (χ4n) is 2.74. The van der Waals surface area contributed by atoms with Gasteiger partial charge in [0.15, 0.2) is 13.2 Å². The van der Waals surface area contributed by atoms with Gasteiger partial charge in [0.1, 0.15) is 11.5 Å². The maximum absolute atomic E-state index is 12.1. The molecule has 1 aliphatic heterocycles. The molecule has 0 saturated carbocycles. The van der Waals surface area contributed by atoms with Crippen molar-refractivity contribution >= 4 is 29.2 Å². The van der Waals surface area contributed by atoms with Crippen molar-refractivity contribution in [2.45, 2.75) is 13.0 Å². The van der Waals surface area contributed by atoms with Crippen LogP contribution in [0.2, 0.25) is 0 Å². The highest BCUT2D eigenvalue weighted by atomic mass is 19.3. The van der Waals surface area contributed by atoms with Crippen LogP contribution >= 0.6 is 0 Å². The Balaban J connectivity index is 1.43. The average Bonchev–Trinajstić information content (AvgIpc) is 2.72. The second kappa shape index (κ2) is 9.68. The van der Waals surface area contributed by atoms with E-state index in [1.165, 1.54) is 29.2 Å². The molecule has 3 rings (SSSR count). The molecule has 0 unspecified atom stereocenters. The minimum absolute atomic E-state index is 0.0475. The van der Waals surface area contributed by atoms with Crippen LogP contribution in [0.5, 0.6) is 11.5 Å². The van der Waals surface area contributed by atoms with E-state index in [0.29, 0.717) is 17.1 Å². The summed E-state index contributed by atoms with van der Waals surface area (Å²) in [6.07, 6.45) is -0.104. The Hall–Kier alpha value is -3.69. The van der Waals surface area contributed by atoms with Crippen LogP contribution in [0.25, 0.3) is 0 Å². The molecule has 0 radical (unpaired) electrons. The maximum Gasteiger partial charge on any atom is 0.387 e. The first kappa shape index (κ1) is 21.0. The maximum atomic E-state index is 12.1. The van der Waals surface area contributed by atoms with E-state index in [1.807, 2.05) is 0 Å². The lowest BCUT2D eigenvalue weighted by Crippen LogP contribution is -2.40. The molecule has 0 fully saturated rings. The van der Waals surface area contributed by atoms with E-state index in [0.717, 1.165) is 0 Å².